The maximum Gasteiger partial charge on any atom is 0.137 e. The van der Waals surface area contributed by atoms with Crippen LogP contribution in [0, 0.1) is 12.8 Å². The van der Waals surface area contributed by atoms with Crippen LogP contribution in [0.1, 0.15) is 51.4 Å². The van der Waals surface area contributed by atoms with Crippen LogP contribution in [-0.4, -0.2) is 29.6 Å². The summed E-state index contributed by atoms with van der Waals surface area (Å²) < 4.78 is 0. The number of anilines is 2. The molecule has 0 aliphatic carbocycles. The Morgan fingerprint density at radius 1 is 1.20 bits per heavy atom. The van der Waals surface area contributed by atoms with Gasteiger partial charge in [0.25, 0.3) is 0 Å². The molecule has 1 N–H and O–H groups in total. The molecular formula is C16H28N4. The average Bonchev–Trinajstić information content (AvgIpc) is 2.47. The van der Waals surface area contributed by atoms with E-state index in [1.165, 1.54) is 18.4 Å². The van der Waals surface area contributed by atoms with Gasteiger partial charge in [-0.25, -0.2) is 9.97 Å². The first-order valence-corrected chi connectivity index (χ1v) is 8.02. The number of nitrogens with one attached hydrogen (secondary N) is 1. The molecule has 0 amide bonds. The van der Waals surface area contributed by atoms with E-state index in [1.54, 1.807) is 0 Å². The van der Waals surface area contributed by atoms with Gasteiger partial charge in [-0.1, -0.05) is 20.8 Å². The van der Waals surface area contributed by atoms with Crippen molar-refractivity contribution >= 4 is 11.6 Å². The number of aryl methyl sites for hydroxylation is 1. The SMILES string of the molecule is CCCNc1nc(CC)nc(N2CCC(C)CC2)c1C. The zero-order valence-corrected chi connectivity index (χ0v) is 13.4. The third-order valence-electron chi connectivity index (χ3n) is 4.11. The van der Waals surface area contributed by atoms with E-state index in [2.05, 4.69) is 42.9 Å². The first-order chi connectivity index (χ1) is 9.65. The lowest BCUT2D eigenvalue weighted by Crippen LogP contribution is -2.34. The fourth-order valence-corrected chi connectivity index (χ4v) is 2.65. The van der Waals surface area contributed by atoms with Crippen molar-refractivity contribution in [2.45, 2.75) is 53.4 Å². The third kappa shape index (κ3) is 3.41. The van der Waals surface area contributed by atoms with E-state index in [4.69, 9.17) is 4.98 Å². The normalized spacial score (nSPS) is 16.5. The van der Waals surface area contributed by atoms with Crippen molar-refractivity contribution in [1.29, 1.82) is 0 Å². The van der Waals surface area contributed by atoms with Gasteiger partial charge in [0.15, 0.2) is 0 Å². The summed E-state index contributed by atoms with van der Waals surface area (Å²) >= 11 is 0. The molecule has 0 spiro atoms. The van der Waals surface area contributed by atoms with E-state index in [1.807, 2.05) is 0 Å². The van der Waals surface area contributed by atoms with E-state index in [9.17, 15) is 0 Å². The Labute approximate surface area is 123 Å². The molecule has 1 fully saturated rings. The van der Waals surface area contributed by atoms with Crippen LogP contribution in [-0.2, 0) is 6.42 Å². The first-order valence-electron chi connectivity index (χ1n) is 8.02. The van der Waals surface area contributed by atoms with E-state index >= 15 is 0 Å². The van der Waals surface area contributed by atoms with E-state index < -0.39 is 0 Å². The van der Waals surface area contributed by atoms with Crippen molar-refractivity contribution in [3.05, 3.63) is 11.4 Å². The van der Waals surface area contributed by atoms with Crippen molar-refractivity contribution in [3.63, 3.8) is 0 Å². The molecule has 1 aromatic heterocycles. The van der Waals surface area contributed by atoms with Crippen LogP contribution in [0.25, 0.3) is 0 Å². The Hall–Kier alpha value is -1.32. The minimum Gasteiger partial charge on any atom is -0.370 e. The summed E-state index contributed by atoms with van der Waals surface area (Å²) in [6.45, 7) is 12.0. The number of hydrogen-bond donors (Lipinski definition) is 1. The van der Waals surface area contributed by atoms with E-state index in [0.29, 0.717) is 0 Å². The van der Waals surface area contributed by atoms with Crippen LogP contribution in [0.3, 0.4) is 0 Å². The predicted molar refractivity (Wildman–Crippen MR) is 85.5 cm³/mol. The summed E-state index contributed by atoms with van der Waals surface area (Å²) in [7, 11) is 0. The Balaban J connectivity index is 2.26. The molecule has 0 saturated carbocycles. The average molecular weight is 276 g/mol. The van der Waals surface area contributed by atoms with Gasteiger partial charge in [0.2, 0.25) is 0 Å². The minimum atomic E-state index is 0.844. The predicted octanol–water partition coefficient (Wildman–Crippen LogP) is 3.41. The highest BCUT2D eigenvalue weighted by atomic mass is 15.2. The van der Waals surface area contributed by atoms with Gasteiger partial charge in [0, 0.05) is 31.6 Å². The molecule has 0 radical (unpaired) electrons. The molecular weight excluding hydrogens is 248 g/mol. The monoisotopic (exact) mass is 276 g/mol. The lowest BCUT2D eigenvalue weighted by Gasteiger charge is -2.32. The molecule has 1 saturated heterocycles. The number of hydrogen-bond acceptors (Lipinski definition) is 4. The van der Waals surface area contributed by atoms with Gasteiger partial charge in [0.1, 0.15) is 17.5 Å². The van der Waals surface area contributed by atoms with Gasteiger partial charge in [-0.3, -0.25) is 0 Å². The molecule has 0 bridgehead atoms. The number of rotatable bonds is 5. The molecule has 1 aliphatic heterocycles. The molecule has 0 aromatic carbocycles. The molecule has 1 aliphatic rings. The van der Waals surface area contributed by atoms with Crippen LogP contribution < -0.4 is 10.2 Å². The first kappa shape index (κ1) is 15.1. The van der Waals surface area contributed by atoms with E-state index in [0.717, 1.165) is 55.9 Å². The lowest BCUT2D eigenvalue weighted by molar-refractivity contribution is 0.436. The maximum atomic E-state index is 4.78. The molecule has 4 heteroatoms. The Morgan fingerprint density at radius 3 is 2.50 bits per heavy atom. The molecule has 112 valence electrons. The summed E-state index contributed by atoms with van der Waals surface area (Å²) in [5.41, 5.74) is 1.20. The number of nitrogens with zero attached hydrogens (tertiary/aromatic N) is 3. The smallest absolute Gasteiger partial charge is 0.137 e. The van der Waals surface area contributed by atoms with Gasteiger partial charge in [-0.15, -0.1) is 0 Å². The van der Waals surface area contributed by atoms with Gasteiger partial charge >= 0.3 is 0 Å². The van der Waals surface area contributed by atoms with Crippen molar-refractivity contribution in [1.82, 2.24) is 9.97 Å². The van der Waals surface area contributed by atoms with Gasteiger partial charge < -0.3 is 10.2 Å². The quantitative estimate of drug-likeness (QED) is 0.895. The summed E-state index contributed by atoms with van der Waals surface area (Å²) in [4.78, 5) is 11.9. The van der Waals surface area contributed by atoms with Crippen LogP contribution in [0.2, 0.25) is 0 Å². The van der Waals surface area contributed by atoms with Crippen LogP contribution in [0.4, 0.5) is 11.6 Å². The Bertz CT molecular complexity index is 436. The highest BCUT2D eigenvalue weighted by molar-refractivity contribution is 5.58. The number of aromatic nitrogens is 2. The Kier molecular flexibility index (Phi) is 5.21. The standard InChI is InChI=1S/C16H28N4/c1-5-9-17-15-13(4)16(19-14(6-2)18-15)20-10-7-12(3)8-11-20/h12H,5-11H2,1-4H3,(H,17,18,19). The molecule has 20 heavy (non-hydrogen) atoms. The van der Waals surface area contributed by atoms with Crippen LogP contribution in [0.15, 0.2) is 0 Å². The summed E-state index contributed by atoms with van der Waals surface area (Å²) in [5.74, 6) is 3.95. The fourth-order valence-electron chi connectivity index (χ4n) is 2.65. The Morgan fingerprint density at radius 2 is 1.90 bits per heavy atom. The molecule has 0 unspecified atom stereocenters. The largest absolute Gasteiger partial charge is 0.370 e. The maximum absolute atomic E-state index is 4.78. The topological polar surface area (TPSA) is 41.1 Å². The van der Waals surface area contributed by atoms with Crippen LogP contribution in [0.5, 0.6) is 0 Å². The molecule has 2 rings (SSSR count). The summed E-state index contributed by atoms with van der Waals surface area (Å²) in [6, 6.07) is 0. The van der Waals surface area contributed by atoms with Crippen molar-refractivity contribution in [3.8, 4) is 0 Å². The second-order valence-electron chi connectivity index (χ2n) is 5.89. The third-order valence-corrected chi connectivity index (χ3v) is 4.11. The van der Waals surface area contributed by atoms with E-state index in [-0.39, 0.29) is 0 Å². The zero-order chi connectivity index (χ0) is 14.5. The van der Waals surface area contributed by atoms with Gasteiger partial charge in [0.05, 0.1) is 0 Å². The minimum absolute atomic E-state index is 0.844. The summed E-state index contributed by atoms with van der Waals surface area (Å²) in [6.07, 6.45) is 4.53. The van der Waals surface area contributed by atoms with Crippen molar-refractivity contribution < 1.29 is 0 Å². The van der Waals surface area contributed by atoms with Gasteiger partial charge in [-0.05, 0) is 32.1 Å². The fraction of sp³-hybridized carbons (Fsp3) is 0.750. The van der Waals surface area contributed by atoms with Crippen LogP contribution >= 0.6 is 0 Å². The summed E-state index contributed by atoms with van der Waals surface area (Å²) in [5, 5.41) is 3.45. The highest BCUT2D eigenvalue weighted by Crippen LogP contribution is 2.27. The van der Waals surface area contributed by atoms with Crippen molar-refractivity contribution in [2.75, 3.05) is 29.9 Å². The second kappa shape index (κ2) is 6.91. The van der Waals surface area contributed by atoms with Gasteiger partial charge in [-0.2, -0.15) is 0 Å². The zero-order valence-electron chi connectivity index (χ0n) is 13.4. The highest BCUT2D eigenvalue weighted by Gasteiger charge is 2.20. The molecule has 0 atom stereocenters. The molecule has 4 nitrogen and oxygen atoms in total. The molecule has 1 aromatic rings. The number of piperidine rings is 1. The second-order valence-corrected chi connectivity index (χ2v) is 5.89. The lowest BCUT2D eigenvalue weighted by atomic mass is 9.99. The molecule has 2 heterocycles. The van der Waals surface area contributed by atoms with Crippen molar-refractivity contribution in [2.24, 2.45) is 5.92 Å².